The highest BCUT2D eigenvalue weighted by Gasteiger charge is 2.07. The lowest BCUT2D eigenvalue weighted by atomic mass is 10.2. The summed E-state index contributed by atoms with van der Waals surface area (Å²) in [6, 6.07) is 3.17. The lowest BCUT2D eigenvalue weighted by Crippen LogP contribution is -2.30. The fourth-order valence-electron chi connectivity index (χ4n) is 1.53. The van der Waals surface area contributed by atoms with Crippen molar-refractivity contribution in [3.8, 4) is 0 Å². The van der Waals surface area contributed by atoms with Crippen molar-refractivity contribution in [3.05, 3.63) is 34.2 Å². The van der Waals surface area contributed by atoms with E-state index in [9.17, 15) is 4.79 Å². The van der Waals surface area contributed by atoms with E-state index in [1.54, 1.807) is 19.4 Å². The van der Waals surface area contributed by atoms with Crippen LogP contribution in [0.1, 0.15) is 12.0 Å². The van der Waals surface area contributed by atoms with Gasteiger partial charge in [-0.2, -0.15) is 0 Å². The number of ether oxygens (including phenoxy) is 2. The number of oxime groups is 1. The van der Waals surface area contributed by atoms with Crippen molar-refractivity contribution >= 4 is 5.84 Å². The summed E-state index contributed by atoms with van der Waals surface area (Å²) < 4.78 is 11.7. The van der Waals surface area contributed by atoms with Crippen LogP contribution >= 0.6 is 0 Å². The predicted octanol–water partition coefficient (Wildman–Crippen LogP) is -0.00410. The number of nitrogens with two attached hydrogens (primary N) is 1. The fourth-order valence-corrected chi connectivity index (χ4v) is 1.53. The lowest BCUT2D eigenvalue weighted by molar-refractivity contribution is 0.0972. The van der Waals surface area contributed by atoms with Gasteiger partial charge in [0.25, 0.3) is 5.56 Å². The first-order valence-electron chi connectivity index (χ1n) is 5.94. The van der Waals surface area contributed by atoms with Crippen LogP contribution in [0.2, 0.25) is 0 Å². The lowest BCUT2D eigenvalue weighted by Gasteiger charge is -2.08. The molecule has 0 saturated carbocycles. The highest BCUT2D eigenvalue weighted by Crippen LogP contribution is 1.93. The second kappa shape index (κ2) is 8.28. The molecule has 7 heteroatoms. The maximum atomic E-state index is 12.0. The molecule has 0 atom stereocenters. The van der Waals surface area contributed by atoms with Gasteiger partial charge < -0.3 is 25.0 Å². The van der Waals surface area contributed by atoms with Gasteiger partial charge in [0.05, 0.1) is 12.2 Å². The number of aromatic nitrogens is 1. The summed E-state index contributed by atoms with van der Waals surface area (Å²) >= 11 is 0. The van der Waals surface area contributed by atoms with Crippen molar-refractivity contribution < 1.29 is 14.7 Å². The Morgan fingerprint density at radius 1 is 1.47 bits per heavy atom. The van der Waals surface area contributed by atoms with E-state index >= 15 is 0 Å². The molecule has 0 bridgehead atoms. The van der Waals surface area contributed by atoms with Gasteiger partial charge in [-0.25, -0.2) is 0 Å². The number of rotatable bonds is 8. The molecule has 0 aliphatic rings. The van der Waals surface area contributed by atoms with E-state index in [0.29, 0.717) is 26.4 Å². The molecule has 1 aromatic heterocycles. The van der Waals surface area contributed by atoms with Crippen LogP contribution in [0.3, 0.4) is 0 Å². The summed E-state index contributed by atoms with van der Waals surface area (Å²) in [7, 11) is 1.64. The first-order valence-corrected chi connectivity index (χ1v) is 5.94. The number of nitrogens with zero attached hydrogens (tertiary/aromatic N) is 2. The molecule has 0 radical (unpaired) electrons. The Bertz CT molecular complexity index is 470. The number of hydrogen-bond acceptors (Lipinski definition) is 5. The minimum Gasteiger partial charge on any atom is -0.409 e. The molecular formula is C12H19N3O4. The summed E-state index contributed by atoms with van der Waals surface area (Å²) in [6.45, 7) is 2.07. The van der Waals surface area contributed by atoms with Gasteiger partial charge in [-0.3, -0.25) is 4.79 Å². The topological polar surface area (TPSA) is 99.1 Å². The van der Waals surface area contributed by atoms with Gasteiger partial charge in [0.15, 0.2) is 5.84 Å². The molecule has 0 amide bonds. The van der Waals surface area contributed by atoms with Crippen molar-refractivity contribution in [2.24, 2.45) is 10.9 Å². The van der Waals surface area contributed by atoms with E-state index in [4.69, 9.17) is 20.4 Å². The highest BCUT2D eigenvalue weighted by atomic mass is 16.5. The molecule has 1 aromatic rings. The van der Waals surface area contributed by atoms with Gasteiger partial charge in [-0.15, -0.1) is 0 Å². The monoisotopic (exact) mass is 269 g/mol. The summed E-state index contributed by atoms with van der Waals surface area (Å²) in [4.78, 5) is 12.0. The van der Waals surface area contributed by atoms with Crippen LogP contribution in [0, 0.1) is 0 Å². The molecule has 0 fully saturated rings. The zero-order valence-corrected chi connectivity index (χ0v) is 10.9. The van der Waals surface area contributed by atoms with E-state index in [-0.39, 0.29) is 17.0 Å². The first kappa shape index (κ1) is 15.2. The van der Waals surface area contributed by atoms with Gasteiger partial charge >= 0.3 is 0 Å². The van der Waals surface area contributed by atoms with Gasteiger partial charge in [-0.1, -0.05) is 5.16 Å². The van der Waals surface area contributed by atoms with E-state index in [1.807, 2.05) is 0 Å². The second-order valence-electron chi connectivity index (χ2n) is 3.86. The van der Waals surface area contributed by atoms with E-state index in [2.05, 4.69) is 5.16 Å². The predicted molar refractivity (Wildman–Crippen MR) is 70.5 cm³/mol. The van der Waals surface area contributed by atoms with Gasteiger partial charge in [-0.05, 0) is 18.6 Å². The summed E-state index contributed by atoms with van der Waals surface area (Å²) in [6.07, 6.45) is 2.45. The largest absolute Gasteiger partial charge is 0.409 e. The fraction of sp³-hybridized carbons (Fsp3) is 0.500. The van der Waals surface area contributed by atoms with E-state index in [1.165, 1.54) is 10.6 Å². The third kappa shape index (κ3) is 4.72. The van der Waals surface area contributed by atoms with E-state index < -0.39 is 0 Å². The molecule has 1 heterocycles. The average Bonchev–Trinajstić information content (AvgIpc) is 2.43. The molecule has 0 unspecified atom stereocenters. The highest BCUT2D eigenvalue weighted by molar-refractivity contribution is 5.96. The number of pyridine rings is 1. The Kier molecular flexibility index (Phi) is 6.62. The SMILES string of the molecule is COCCCOCCn1cccc(/C(N)=N/O)c1=O. The molecule has 0 spiro atoms. The van der Waals surface area contributed by atoms with Crippen molar-refractivity contribution in [1.29, 1.82) is 0 Å². The van der Waals surface area contributed by atoms with Crippen molar-refractivity contribution in [1.82, 2.24) is 4.57 Å². The van der Waals surface area contributed by atoms with E-state index in [0.717, 1.165) is 6.42 Å². The minimum atomic E-state index is -0.307. The summed E-state index contributed by atoms with van der Waals surface area (Å²) in [5, 5.41) is 11.4. The smallest absolute Gasteiger partial charge is 0.261 e. The Labute approximate surface area is 111 Å². The van der Waals surface area contributed by atoms with Gasteiger partial charge in [0.2, 0.25) is 0 Å². The van der Waals surface area contributed by atoms with Crippen LogP contribution in [0.15, 0.2) is 28.3 Å². The minimum absolute atomic E-state index is 0.171. The van der Waals surface area contributed by atoms with Crippen LogP contribution in [0.25, 0.3) is 0 Å². The Hall–Kier alpha value is -1.86. The molecular weight excluding hydrogens is 250 g/mol. The van der Waals surface area contributed by atoms with Gasteiger partial charge in [0, 0.05) is 33.1 Å². The maximum Gasteiger partial charge on any atom is 0.261 e. The van der Waals surface area contributed by atoms with Gasteiger partial charge in [0.1, 0.15) is 0 Å². The maximum absolute atomic E-state index is 12.0. The Morgan fingerprint density at radius 2 is 2.26 bits per heavy atom. The molecule has 1 rings (SSSR count). The molecule has 106 valence electrons. The second-order valence-corrected chi connectivity index (χ2v) is 3.86. The zero-order valence-electron chi connectivity index (χ0n) is 10.9. The normalized spacial score (nSPS) is 11.7. The number of amidine groups is 1. The molecule has 0 aromatic carbocycles. The standard InChI is InChI=1S/C12H19N3O4/c1-18-7-3-8-19-9-6-15-5-2-4-10(12(15)16)11(13)14-17/h2,4-5,17H,3,6-9H2,1H3,(H2,13,14). The first-order chi connectivity index (χ1) is 9.20. The molecule has 7 nitrogen and oxygen atoms in total. The number of methoxy groups -OCH3 is 1. The van der Waals surface area contributed by atoms with Crippen molar-refractivity contribution in [2.45, 2.75) is 13.0 Å². The third-order valence-corrected chi connectivity index (χ3v) is 2.52. The van der Waals surface area contributed by atoms with Crippen molar-refractivity contribution in [2.75, 3.05) is 26.9 Å². The average molecular weight is 269 g/mol. The van der Waals surface area contributed by atoms with Crippen LogP contribution in [-0.4, -0.2) is 42.5 Å². The Morgan fingerprint density at radius 3 is 2.95 bits per heavy atom. The molecule has 0 aliphatic carbocycles. The van der Waals surface area contributed by atoms with Crippen LogP contribution in [-0.2, 0) is 16.0 Å². The Balaban J connectivity index is 2.53. The molecule has 19 heavy (non-hydrogen) atoms. The van der Waals surface area contributed by atoms with Crippen LogP contribution in [0.4, 0.5) is 0 Å². The van der Waals surface area contributed by atoms with Crippen LogP contribution in [0.5, 0.6) is 0 Å². The summed E-state index contributed by atoms with van der Waals surface area (Å²) in [5.41, 5.74) is 5.28. The quantitative estimate of drug-likeness (QED) is 0.227. The number of hydrogen-bond donors (Lipinski definition) is 2. The van der Waals surface area contributed by atoms with Crippen molar-refractivity contribution in [3.63, 3.8) is 0 Å². The molecule has 0 saturated heterocycles. The molecule has 0 aliphatic heterocycles. The third-order valence-electron chi connectivity index (χ3n) is 2.52. The zero-order chi connectivity index (χ0) is 14.1. The molecule has 3 N–H and O–H groups in total. The summed E-state index contributed by atoms with van der Waals surface area (Å²) in [5.74, 6) is -0.194. The van der Waals surface area contributed by atoms with Crippen LogP contribution < -0.4 is 11.3 Å².